The van der Waals surface area contributed by atoms with Crippen LogP contribution < -0.4 is 16.0 Å². The van der Waals surface area contributed by atoms with Crippen molar-refractivity contribution in [2.75, 3.05) is 26.7 Å². The summed E-state index contributed by atoms with van der Waals surface area (Å²) in [6, 6.07) is 1.81. The summed E-state index contributed by atoms with van der Waals surface area (Å²) in [4.78, 5) is 22.5. The van der Waals surface area contributed by atoms with Crippen molar-refractivity contribution in [1.29, 1.82) is 5.26 Å². The van der Waals surface area contributed by atoms with Crippen LogP contribution in [0.15, 0.2) is 0 Å². The summed E-state index contributed by atoms with van der Waals surface area (Å²) >= 11 is 0. The molecule has 0 aromatic carbocycles. The topological polar surface area (TPSA) is 94.0 Å². The maximum Gasteiger partial charge on any atom is 0.234 e. The van der Waals surface area contributed by atoms with Crippen LogP contribution in [0.4, 0.5) is 0 Å². The van der Waals surface area contributed by atoms with E-state index in [1.165, 1.54) is 0 Å². The van der Waals surface area contributed by atoms with Gasteiger partial charge in [-0.2, -0.15) is 5.26 Å². The normalized spacial score (nSPS) is 10.4. The molecule has 3 N–H and O–H groups in total. The summed E-state index contributed by atoms with van der Waals surface area (Å²) < 4.78 is 0. The number of nitrogens with one attached hydrogen (secondary N) is 3. The summed E-state index contributed by atoms with van der Waals surface area (Å²) in [6.45, 7) is 4.06. The Morgan fingerprint density at radius 2 is 2.00 bits per heavy atom. The van der Waals surface area contributed by atoms with Crippen molar-refractivity contribution in [3.63, 3.8) is 0 Å². The van der Waals surface area contributed by atoms with Crippen LogP contribution in [-0.2, 0) is 9.59 Å². The number of nitrogens with zero attached hydrogens (tertiary/aromatic N) is 1. The molecule has 0 aliphatic rings. The van der Waals surface area contributed by atoms with Gasteiger partial charge in [-0.3, -0.25) is 9.59 Å². The van der Waals surface area contributed by atoms with E-state index in [4.69, 9.17) is 5.26 Å². The Kier molecular flexibility index (Phi) is 6.11. The summed E-state index contributed by atoms with van der Waals surface area (Å²) in [5.41, 5.74) is -0.565. The number of carbonyl (C=O) groups excluding carboxylic acids is 2. The number of rotatable bonds is 6. The smallest absolute Gasteiger partial charge is 0.234 e. The zero-order valence-corrected chi connectivity index (χ0v) is 9.89. The predicted octanol–water partition coefficient (Wildman–Crippen LogP) is -1.01. The van der Waals surface area contributed by atoms with Gasteiger partial charge in [0, 0.05) is 13.6 Å². The van der Waals surface area contributed by atoms with Crippen molar-refractivity contribution >= 4 is 11.8 Å². The lowest BCUT2D eigenvalue weighted by Crippen LogP contribution is -2.44. The Morgan fingerprint density at radius 3 is 2.50 bits per heavy atom. The van der Waals surface area contributed by atoms with Crippen LogP contribution in [0.3, 0.4) is 0 Å². The molecule has 0 bridgehead atoms. The average Bonchev–Trinajstić information content (AvgIpc) is 2.24. The molecule has 0 aliphatic carbocycles. The van der Waals surface area contributed by atoms with Crippen molar-refractivity contribution < 1.29 is 9.59 Å². The number of nitriles is 1. The summed E-state index contributed by atoms with van der Waals surface area (Å²) in [7, 11) is 1.57. The van der Waals surface area contributed by atoms with Gasteiger partial charge in [0.15, 0.2) is 0 Å². The van der Waals surface area contributed by atoms with Gasteiger partial charge in [0.1, 0.15) is 6.54 Å². The Balaban J connectivity index is 3.85. The quantitative estimate of drug-likeness (QED) is 0.506. The lowest BCUT2D eigenvalue weighted by atomic mass is 9.92. The van der Waals surface area contributed by atoms with Crippen molar-refractivity contribution in [3.05, 3.63) is 0 Å². The average molecular weight is 226 g/mol. The van der Waals surface area contributed by atoms with Gasteiger partial charge < -0.3 is 16.0 Å². The first-order valence-corrected chi connectivity index (χ1v) is 5.00. The van der Waals surface area contributed by atoms with Crippen LogP contribution in [0.2, 0.25) is 0 Å². The van der Waals surface area contributed by atoms with E-state index in [1.807, 2.05) is 6.07 Å². The molecule has 0 radical (unpaired) electrons. The number of amides is 2. The minimum absolute atomic E-state index is 0.000643. The fourth-order valence-electron chi connectivity index (χ4n) is 1.11. The van der Waals surface area contributed by atoms with E-state index in [0.29, 0.717) is 6.54 Å². The molecule has 0 fully saturated rings. The second kappa shape index (κ2) is 6.80. The van der Waals surface area contributed by atoms with Crippen LogP contribution in [0.5, 0.6) is 0 Å². The molecule has 0 aromatic rings. The van der Waals surface area contributed by atoms with Crippen molar-refractivity contribution in [2.24, 2.45) is 5.41 Å². The van der Waals surface area contributed by atoms with E-state index in [1.54, 1.807) is 20.9 Å². The first-order valence-electron chi connectivity index (χ1n) is 5.00. The molecule has 0 spiro atoms. The van der Waals surface area contributed by atoms with Crippen molar-refractivity contribution in [1.82, 2.24) is 16.0 Å². The van der Waals surface area contributed by atoms with Crippen LogP contribution in [0, 0.1) is 16.7 Å². The fraction of sp³-hybridized carbons (Fsp3) is 0.700. The van der Waals surface area contributed by atoms with E-state index in [9.17, 15) is 9.59 Å². The Hall–Kier alpha value is -1.61. The van der Waals surface area contributed by atoms with Gasteiger partial charge in [0.2, 0.25) is 11.8 Å². The molecule has 2 amide bonds. The zero-order valence-electron chi connectivity index (χ0n) is 9.89. The maximum atomic E-state index is 11.4. The summed E-state index contributed by atoms with van der Waals surface area (Å²) in [5.74, 6) is -0.341. The summed E-state index contributed by atoms with van der Waals surface area (Å²) in [5, 5.41) is 16.1. The first kappa shape index (κ1) is 14.4. The Bertz CT molecular complexity index is 294. The fourth-order valence-corrected chi connectivity index (χ4v) is 1.11. The highest BCUT2D eigenvalue weighted by molar-refractivity contribution is 5.82. The molecule has 0 saturated carbocycles. The molecule has 90 valence electrons. The Morgan fingerprint density at radius 1 is 1.38 bits per heavy atom. The largest absolute Gasteiger partial charge is 0.359 e. The van der Waals surface area contributed by atoms with Gasteiger partial charge in [-0.15, -0.1) is 0 Å². The Labute approximate surface area is 95.4 Å². The molecule has 0 saturated heterocycles. The third-order valence-corrected chi connectivity index (χ3v) is 2.06. The van der Waals surface area contributed by atoms with Gasteiger partial charge in [0.05, 0.1) is 18.0 Å². The second-order valence-corrected chi connectivity index (χ2v) is 4.00. The minimum atomic E-state index is -0.565. The van der Waals surface area contributed by atoms with Gasteiger partial charge in [-0.1, -0.05) is 0 Å². The second-order valence-electron chi connectivity index (χ2n) is 4.00. The monoisotopic (exact) mass is 226 g/mol. The van der Waals surface area contributed by atoms with Gasteiger partial charge in [0.25, 0.3) is 0 Å². The van der Waals surface area contributed by atoms with E-state index >= 15 is 0 Å². The third-order valence-electron chi connectivity index (χ3n) is 2.06. The lowest BCUT2D eigenvalue weighted by molar-refractivity contribution is -0.129. The molecule has 16 heavy (non-hydrogen) atoms. The standard InChI is InChI=1S/C10H18N4O2/c1-10(2,9(16)12-3)7-13-6-8(15)14-5-4-11/h13H,5-7H2,1-3H3,(H,12,16)(H,14,15). The van der Waals surface area contributed by atoms with Crippen LogP contribution in [0.1, 0.15) is 13.8 Å². The van der Waals surface area contributed by atoms with Crippen LogP contribution in [0.25, 0.3) is 0 Å². The first-order chi connectivity index (χ1) is 7.44. The number of carbonyl (C=O) groups is 2. The van der Waals surface area contributed by atoms with E-state index < -0.39 is 5.41 Å². The van der Waals surface area contributed by atoms with E-state index in [2.05, 4.69) is 16.0 Å². The number of hydrogen-bond donors (Lipinski definition) is 3. The molecule has 0 unspecified atom stereocenters. The molecule has 6 nitrogen and oxygen atoms in total. The minimum Gasteiger partial charge on any atom is -0.359 e. The lowest BCUT2D eigenvalue weighted by Gasteiger charge is -2.22. The predicted molar refractivity (Wildman–Crippen MR) is 59.3 cm³/mol. The highest BCUT2D eigenvalue weighted by Gasteiger charge is 2.25. The molecule has 0 rings (SSSR count). The molecular formula is C10H18N4O2. The molecule has 0 heterocycles. The zero-order chi connectivity index (χ0) is 12.6. The SMILES string of the molecule is CNC(=O)C(C)(C)CNCC(=O)NCC#N. The molecular weight excluding hydrogens is 208 g/mol. The highest BCUT2D eigenvalue weighted by atomic mass is 16.2. The van der Waals surface area contributed by atoms with E-state index in [-0.39, 0.29) is 24.9 Å². The van der Waals surface area contributed by atoms with Gasteiger partial charge in [-0.05, 0) is 13.8 Å². The maximum absolute atomic E-state index is 11.4. The molecule has 0 aliphatic heterocycles. The van der Waals surface area contributed by atoms with Gasteiger partial charge in [-0.25, -0.2) is 0 Å². The summed E-state index contributed by atoms with van der Waals surface area (Å²) in [6.07, 6.45) is 0. The van der Waals surface area contributed by atoms with E-state index in [0.717, 1.165) is 0 Å². The molecule has 0 aromatic heterocycles. The van der Waals surface area contributed by atoms with Gasteiger partial charge >= 0.3 is 0 Å². The van der Waals surface area contributed by atoms with Crippen molar-refractivity contribution in [2.45, 2.75) is 13.8 Å². The van der Waals surface area contributed by atoms with Crippen LogP contribution >= 0.6 is 0 Å². The number of hydrogen-bond acceptors (Lipinski definition) is 4. The van der Waals surface area contributed by atoms with Crippen LogP contribution in [-0.4, -0.2) is 38.5 Å². The molecule has 0 atom stereocenters. The van der Waals surface area contributed by atoms with Crippen molar-refractivity contribution in [3.8, 4) is 6.07 Å². The highest BCUT2D eigenvalue weighted by Crippen LogP contribution is 2.12. The third kappa shape index (κ3) is 5.32. The molecule has 6 heteroatoms.